The van der Waals surface area contributed by atoms with Crippen molar-refractivity contribution < 1.29 is 33.0 Å². The van der Waals surface area contributed by atoms with E-state index in [1.807, 2.05) is 0 Å². The number of hydrogen-bond acceptors (Lipinski definition) is 4. The Morgan fingerprint density at radius 2 is 2.21 bits per heavy atom. The average molecular weight is 282 g/mol. The zero-order chi connectivity index (χ0) is 14.3. The van der Waals surface area contributed by atoms with Crippen molar-refractivity contribution in [1.82, 2.24) is 10.6 Å². The molecular formula is C10H16F2N2O5. The van der Waals surface area contributed by atoms with Gasteiger partial charge in [-0.05, 0) is 0 Å². The summed E-state index contributed by atoms with van der Waals surface area (Å²) in [5.74, 6) is -1.17. The van der Waals surface area contributed by atoms with Gasteiger partial charge in [0, 0.05) is 19.6 Å². The number of amides is 2. The van der Waals surface area contributed by atoms with Crippen molar-refractivity contribution in [3.05, 3.63) is 0 Å². The van der Waals surface area contributed by atoms with Crippen LogP contribution in [0.3, 0.4) is 0 Å². The van der Waals surface area contributed by atoms with Crippen LogP contribution < -0.4 is 10.6 Å². The van der Waals surface area contributed by atoms with Crippen LogP contribution in [0.25, 0.3) is 0 Å². The fourth-order valence-corrected chi connectivity index (χ4v) is 1.56. The summed E-state index contributed by atoms with van der Waals surface area (Å²) in [6.07, 6.45) is -2.38. The van der Waals surface area contributed by atoms with E-state index < -0.39 is 30.6 Å². The lowest BCUT2D eigenvalue weighted by atomic mass is 9.99. The fraction of sp³-hybridized carbons (Fsp3) is 0.800. The molecule has 0 aliphatic carbocycles. The summed E-state index contributed by atoms with van der Waals surface area (Å²) in [5.41, 5.74) is -1.42. The molecule has 0 bridgehead atoms. The molecule has 0 aromatic rings. The van der Waals surface area contributed by atoms with Crippen molar-refractivity contribution >= 4 is 12.0 Å². The maximum Gasteiger partial charge on any atom is 0.332 e. The minimum absolute atomic E-state index is 0.00904. The number of rotatable bonds is 7. The Morgan fingerprint density at radius 1 is 1.47 bits per heavy atom. The number of urea groups is 1. The van der Waals surface area contributed by atoms with Crippen LogP contribution in [0.15, 0.2) is 0 Å². The molecule has 19 heavy (non-hydrogen) atoms. The van der Waals surface area contributed by atoms with Gasteiger partial charge in [0.25, 0.3) is 6.43 Å². The Morgan fingerprint density at radius 3 is 2.74 bits per heavy atom. The van der Waals surface area contributed by atoms with Gasteiger partial charge >= 0.3 is 12.0 Å². The zero-order valence-corrected chi connectivity index (χ0v) is 10.2. The molecule has 9 heteroatoms. The van der Waals surface area contributed by atoms with E-state index in [1.165, 1.54) is 0 Å². The van der Waals surface area contributed by atoms with Crippen molar-refractivity contribution in [1.29, 1.82) is 0 Å². The summed E-state index contributed by atoms with van der Waals surface area (Å²) in [6.45, 7) is -0.610. The molecule has 0 spiro atoms. The maximum atomic E-state index is 11.7. The van der Waals surface area contributed by atoms with Gasteiger partial charge in [-0.25, -0.2) is 18.4 Å². The Balaban J connectivity index is 2.24. The number of nitrogens with one attached hydrogen (secondary N) is 2. The largest absolute Gasteiger partial charge is 0.479 e. The quantitative estimate of drug-likeness (QED) is 0.562. The van der Waals surface area contributed by atoms with E-state index in [4.69, 9.17) is 9.84 Å². The minimum atomic E-state index is -2.56. The van der Waals surface area contributed by atoms with Crippen LogP contribution in [0, 0.1) is 0 Å². The van der Waals surface area contributed by atoms with E-state index in [0.717, 1.165) is 0 Å². The molecule has 0 aromatic carbocycles. The highest BCUT2D eigenvalue weighted by Gasteiger charge is 2.43. The van der Waals surface area contributed by atoms with Crippen molar-refractivity contribution in [3.63, 3.8) is 0 Å². The first-order valence-electron chi connectivity index (χ1n) is 5.69. The second-order valence-electron chi connectivity index (χ2n) is 4.04. The molecule has 7 nitrogen and oxygen atoms in total. The third-order valence-electron chi connectivity index (χ3n) is 2.56. The number of aliphatic carboxylic acids is 1. The Hall–Kier alpha value is -1.48. The van der Waals surface area contributed by atoms with Crippen LogP contribution in [0.4, 0.5) is 13.6 Å². The molecule has 0 saturated carbocycles. The first kappa shape index (κ1) is 15.6. The Bertz CT molecular complexity index is 321. The zero-order valence-electron chi connectivity index (χ0n) is 10.2. The average Bonchev–Trinajstić information content (AvgIpc) is 2.78. The summed E-state index contributed by atoms with van der Waals surface area (Å²) < 4.78 is 33.0. The summed E-state index contributed by atoms with van der Waals surface area (Å²) in [6, 6.07) is -0.700. The second-order valence-corrected chi connectivity index (χ2v) is 4.04. The predicted octanol–water partition coefficient (Wildman–Crippen LogP) is -0.189. The highest BCUT2D eigenvalue weighted by molar-refractivity contribution is 5.86. The maximum absolute atomic E-state index is 11.7. The number of alkyl halides is 2. The van der Waals surface area contributed by atoms with Gasteiger partial charge in [-0.3, -0.25) is 0 Å². The number of carbonyl (C=O) groups excluding carboxylic acids is 1. The fourth-order valence-electron chi connectivity index (χ4n) is 1.56. The first-order valence-corrected chi connectivity index (χ1v) is 5.69. The normalized spacial score (nSPS) is 22.5. The summed E-state index contributed by atoms with van der Waals surface area (Å²) in [4.78, 5) is 22.5. The van der Waals surface area contributed by atoms with Crippen molar-refractivity contribution in [2.45, 2.75) is 18.4 Å². The number of carboxylic acid groups (broad SMARTS) is 1. The molecular weight excluding hydrogens is 266 g/mol. The number of carboxylic acids is 1. The molecule has 1 atom stereocenters. The van der Waals surface area contributed by atoms with Crippen LogP contribution in [0.2, 0.25) is 0 Å². The molecule has 0 aromatic heterocycles. The van der Waals surface area contributed by atoms with Crippen molar-refractivity contribution in [3.8, 4) is 0 Å². The number of hydrogen-bond donors (Lipinski definition) is 3. The topological polar surface area (TPSA) is 96.9 Å². The van der Waals surface area contributed by atoms with E-state index >= 15 is 0 Å². The van der Waals surface area contributed by atoms with Gasteiger partial charge in [-0.1, -0.05) is 0 Å². The van der Waals surface area contributed by atoms with Gasteiger partial charge < -0.3 is 25.2 Å². The highest BCUT2D eigenvalue weighted by atomic mass is 19.3. The van der Waals surface area contributed by atoms with Crippen LogP contribution >= 0.6 is 0 Å². The molecule has 110 valence electrons. The number of ether oxygens (including phenoxy) is 2. The van der Waals surface area contributed by atoms with Gasteiger partial charge in [0.2, 0.25) is 0 Å². The lowest BCUT2D eigenvalue weighted by Crippen LogP contribution is -2.58. The lowest BCUT2D eigenvalue weighted by molar-refractivity contribution is -0.144. The highest BCUT2D eigenvalue weighted by Crippen LogP contribution is 2.18. The van der Waals surface area contributed by atoms with E-state index in [9.17, 15) is 18.4 Å². The smallest absolute Gasteiger partial charge is 0.332 e. The van der Waals surface area contributed by atoms with Crippen molar-refractivity contribution in [2.24, 2.45) is 0 Å². The first-order chi connectivity index (χ1) is 8.96. The Labute approximate surface area is 108 Å². The standard InChI is InChI=1S/C10H16F2N2O5/c11-7(12)5-18-4-2-13-9(17)14-10(8(15)16)1-3-19-6-10/h7H,1-6H2,(H,15,16)(H2,13,14,17). The molecule has 0 radical (unpaired) electrons. The van der Waals surface area contributed by atoms with Crippen molar-refractivity contribution in [2.75, 3.05) is 33.0 Å². The second kappa shape index (κ2) is 7.19. The van der Waals surface area contributed by atoms with Crippen LogP contribution in [0.5, 0.6) is 0 Å². The molecule has 1 fully saturated rings. The molecule has 1 unspecified atom stereocenters. The minimum Gasteiger partial charge on any atom is -0.479 e. The van der Waals surface area contributed by atoms with Gasteiger partial charge in [0.1, 0.15) is 6.61 Å². The van der Waals surface area contributed by atoms with E-state index in [2.05, 4.69) is 15.4 Å². The monoisotopic (exact) mass is 282 g/mol. The van der Waals surface area contributed by atoms with Crippen LogP contribution in [-0.4, -0.2) is 62.0 Å². The molecule has 1 heterocycles. The SMILES string of the molecule is O=C(NCCOCC(F)F)NC1(C(=O)O)CCOC1. The molecule has 2 amide bonds. The molecule has 1 aliphatic rings. The van der Waals surface area contributed by atoms with Crippen LogP contribution in [-0.2, 0) is 14.3 Å². The molecule has 1 rings (SSSR count). The van der Waals surface area contributed by atoms with Gasteiger partial charge in [0.15, 0.2) is 5.54 Å². The van der Waals surface area contributed by atoms with Gasteiger partial charge in [0.05, 0.1) is 13.2 Å². The van der Waals surface area contributed by atoms with E-state index in [-0.39, 0.29) is 32.8 Å². The van der Waals surface area contributed by atoms with Gasteiger partial charge in [-0.2, -0.15) is 0 Å². The third-order valence-corrected chi connectivity index (χ3v) is 2.56. The van der Waals surface area contributed by atoms with E-state index in [0.29, 0.717) is 0 Å². The van der Waals surface area contributed by atoms with Crippen LogP contribution in [0.1, 0.15) is 6.42 Å². The number of carbonyl (C=O) groups is 2. The molecule has 1 aliphatic heterocycles. The lowest BCUT2D eigenvalue weighted by Gasteiger charge is -2.23. The van der Waals surface area contributed by atoms with E-state index in [1.54, 1.807) is 0 Å². The third kappa shape index (κ3) is 4.95. The molecule has 3 N–H and O–H groups in total. The summed E-state index contributed by atoms with van der Waals surface area (Å²) in [5, 5.41) is 13.7. The summed E-state index contributed by atoms with van der Waals surface area (Å²) >= 11 is 0. The summed E-state index contributed by atoms with van der Waals surface area (Å²) in [7, 11) is 0. The van der Waals surface area contributed by atoms with Gasteiger partial charge in [-0.15, -0.1) is 0 Å². The molecule has 1 saturated heterocycles. The number of halogens is 2. The Kier molecular flexibility index (Phi) is 5.90. The predicted molar refractivity (Wildman–Crippen MR) is 59.2 cm³/mol.